The van der Waals surface area contributed by atoms with Gasteiger partial charge in [0.15, 0.2) is 0 Å². The van der Waals surface area contributed by atoms with E-state index >= 15 is 0 Å². The fourth-order valence-electron chi connectivity index (χ4n) is 3.23. The van der Waals surface area contributed by atoms with Gasteiger partial charge in [-0.05, 0) is 50.3 Å². The molecule has 1 unspecified atom stereocenters. The molecule has 2 fully saturated rings. The topological polar surface area (TPSA) is 12.0 Å². The lowest BCUT2D eigenvalue weighted by Gasteiger charge is -2.25. The average Bonchev–Trinajstić information content (AvgIpc) is 2.87. The Hall–Kier alpha value is -0.820. The predicted octanol–water partition coefficient (Wildman–Crippen LogP) is 2.78. The standard InChI is InChI=1S/C14H19N/c1-11-5-2-3-6-12(11)14(8-9-14)13-7-4-10-15-13/h2-3,5-6,13,15H,4,7-10H2,1H3. The summed E-state index contributed by atoms with van der Waals surface area (Å²) < 4.78 is 0. The highest BCUT2D eigenvalue weighted by atomic mass is 15.0. The van der Waals surface area contributed by atoms with Crippen LogP contribution in [0.25, 0.3) is 0 Å². The molecule has 0 aromatic heterocycles. The Morgan fingerprint density at radius 3 is 2.67 bits per heavy atom. The van der Waals surface area contributed by atoms with E-state index in [-0.39, 0.29) is 0 Å². The molecule has 1 aliphatic heterocycles. The molecule has 1 saturated heterocycles. The number of nitrogens with one attached hydrogen (secondary N) is 1. The molecule has 1 atom stereocenters. The Balaban J connectivity index is 1.95. The smallest absolute Gasteiger partial charge is 0.0165 e. The lowest BCUT2D eigenvalue weighted by Crippen LogP contribution is -2.35. The molecule has 1 aromatic rings. The quantitative estimate of drug-likeness (QED) is 0.776. The third-order valence-electron chi connectivity index (χ3n) is 4.20. The van der Waals surface area contributed by atoms with Crippen molar-refractivity contribution in [2.45, 2.75) is 44.1 Å². The lowest BCUT2D eigenvalue weighted by molar-refractivity contribution is 0.471. The summed E-state index contributed by atoms with van der Waals surface area (Å²) in [5, 5.41) is 3.69. The molecule has 1 saturated carbocycles. The van der Waals surface area contributed by atoms with Gasteiger partial charge in [-0.15, -0.1) is 0 Å². The highest BCUT2D eigenvalue weighted by molar-refractivity contribution is 5.40. The first-order chi connectivity index (χ1) is 7.33. The van der Waals surface area contributed by atoms with Crippen LogP contribution in [0.4, 0.5) is 0 Å². The van der Waals surface area contributed by atoms with Gasteiger partial charge in [0, 0.05) is 11.5 Å². The molecule has 2 aliphatic rings. The molecular weight excluding hydrogens is 182 g/mol. The second-order valence-corrected chi connectivity index (χ2v) is 5.12. The van der Waals surface area contributed by atoms with Crippen LogP contribution in [0.2, 0.25) is 0 Å². The van der Waals surface area contributed by atoms with Crippen LogP contribution in [0.3, 0.4) is 0 Å². The van der Waals surface area contributed by atoms with Crippen molar-refractivity contribution in [2.75, 3.05) is 6.54 Å². The summed E-state index contributed by atoms with van der Waals surface area (Å²) in [6, 6.07) is 9.68. The molecule has 0 amide bonds. The van der Waals surface area contributed by atoms with Crippen LogP contribution in [0.1, 0.15) is 36.8 Å². The molecule has 0 radical (unpaired) electrons. The fraction of sp³-hybridized carbons (Fsp3) is 0.571. The molecule has 80 valence electrons. The average molecular weight is 201 g/mol. The van der Waals surface area contributed by atoms with Gasteiger partial charge in [0.2, 0.25) is 0 Å². The summed E-state index contributed by atoms with van der Waals surface area (Å²) in [6.07, 6.45) is 5.50. The van der Waals surface area contributed by atoms with E-state index in [1.807, 2.05) is 0 Å². The third kappa shape index (κ3) is 1.41. The van der Waals surface area contributed by atoms with E-state index in [0.29, 0.717) is 5.41 Å². The van der Waals surface area contributed by atoms with E-state index in [2.05, 4.69) is 36.5 Å². The largest absolute Gasteiger partial charge is 0.313 e. The van der Waals surface area contributed by atoms with Gasteiger partial charge in [-0.2, -0.15) is 0 Å². The van der Waals surface area contributed by atoms with Crippen LogP contribution >= 0.6 is 0 Å². The molecule has 1 aliphatic carbocycles. The first-order valence-electron chi connectivity index (χ1n) is 6.12. The Bertz CT molecular complexity index is 359. The Morgan fingerprint density at radius 2 is 2.07 bits per heavy atom. The van der Waals surface area contributed by atoms with Gasteiger partial charge < -0.3 is 5.32 Å². The maximum atomic E-state index is 3.69. The predicted molar refractivity (Wildman–Crippen MR) is 63.1 cm³/mol. The maximum absolute atomic E-state index is 3.69. The molecule has 1 nitrogen and oxygen atoms in total. The Morgan fingerprint density at radius 1 is 1.27 bits per heavy atom. The summed E-state index contributed by atoms with van der Waals surface area (Å²) in [5.74, 6) is 0. The van der Waals surface area contributed by atoms with Crippen LogP contribution in [0, 0.1) is 6.92 Å². The van der Waals surface area contributed by atoms with Crippen molar-refractivity contribution in [2.24, 2.45) is 0 Å². The van der Waals surface area contributed by atoms with Gasteiger partial charge in [0.25, 0.3) is 0 Å². The zero-order valence-corrected chi connectivity index (χ0v) is 9.42. The molecular formula is C14H19N. The van der Waals surface area contributed by atoms with Gasteiger partial charge in [-0.25, -0.2) is 0 Å². The van der Waals surface area contributed by atoms with E-state index in [1.165, 1.54) is 37.8 Å². The minimum atomic E-state index is 0.502. The highest BCUT2D eigenvalue weighted by Gasteiger charge is 2.51. The van der Waals surface area contributed by atoms with Gasteiger partial charge in [-0.1, -0.05) is 24.3 Å². The first-order valence-corrected chi connectivity index (χ1v) is 6.12. The van der Waals surface area contributed by atoms with Crippen LogP contribution in [-0.2, 0) is 5.41 Å². The zero-order chi connectivity index (χ0) is 10.3. The van der Waals surface area contributed by atoms with E-state index in [0.717, 1.165) is 6.04 Å². The fourth-order valence-corrected chi connectivity index (χ4v) is 3.23. The minimum Gasteiger partial charge on any atom is -0.313 e. The normalized spacial score (nSPS) is 27.9. The SMILES string of the molecule is Cc1ccccc1C1(C2CCCN2)CC1. The Labute approximate surface area is 91.9 Å². The van der Waals surface area contributed by atoms with Gasteiger partial charge in [0.1, 0.15) is 0 Å². The van der Waals surface area contributed by atoms with E-state index in [4.69, 9.17) is 0 Å². The van der Waals surface area contributed by atoms with Crippen molar-refractivity contribution in [3.63, 3.8) is 0 Å². The van der Waals surface area contributed by atoms with Crippen LogP contribution < -0.4 is 5.32 Å². The number of hydrogen-bond donors (Lipinski definition) is 1. The van der Waals surface area contributed by atoms with Crippen LogP contribution in [0.5, 0.6) is 0 Å². The second-order valence-electron chi connectivity index (χ2n) is 5.12. The van der Waals surface area contributed by atoms with Crippen molar-refractivity contribution in [1.29, 1.82) is 0 Å². The second kappa shape index (κ2) is 3.34. The lowest BCUT2D eigenvalue weighted by atomic mass is 9.84. The summed E-state index contributed by atoms with van der Waals surface area (Å²) >= 11 is 0. The summed E-state index contributed by atoms with van der Waals surface area (Å²) in [5.41, 5.74) is 3.58. The molecule has 0 spiro atoms. The number of hydrogen-bond acceptors (Lipinski definition) is 1. The van der Waals surface area contributed by atoms with Crippen molar-refractivity contribution in [3.05, 3.63) is 35.4 Å². The highest BCUT2D eigenvalue weighted by Crippen LogP contribution is 2.53. The van der Waals surface area contributed by atoms with Gasteiger partial charge >= 0.3 is 0 Å². The molecule has 1 heterocycles. The van der Waals surface area contributed by atoms with Crippen molar-refractivity contribution >= 4 is 0 Å². The maximum Gasteiger partial charge on any atom is 0.0165 e. The van der Waals surface area contributed by atoms with Gasteiger partial charge in [-0.3, -0.25) is 0 Å². The summed E-state index contributed by atoms with van der Waals surface area (Å²) in [4.78, 5) is 0. The monoisotopic (exact) mass is 201 g/mol. The summed E-state index contributed by atoms with van der Waals surface area (Å²) in [7, 11) is 0. The molecule has 15 heavy (non-hydrogen) atoms. The summed E-state index contributed by atoms with van der Waals surface area (Å²) in [6.45, 7) is 3.47. The van der Waals surface area contributed by atoms with Gasteiger partial charge in [0.05, 0.1) is 0 Å². The van der Waals surface area contributed by atoms with E-state index in [1.54, 1.807) is 5.56 Å². The molecule has 1 heteroatoms. The van der Waals surface area contributed by atoms with E-state index < -0.39 is 0 Å². The van der Waals surface area contributed by atoms with Crippen molar-refractivity contribution < 1.29 is 0 Å². The van der Waals surface area contributed by atoms with Crippen molar-refractivity contribution in [1.82, 2.24) is 5.32 Å². The first kappa shape index (κ1) is 9.41. The molecule has 0 bridgehead atoms. The minimum absolute atomic E-state index is 0.502. The molecule has 3 rings (SSSR count). The van der Waals surface area contributed by atoms with Crippen LogP contribution in [-0.4, -0.2) is 12.6 Å². The van der Waals surface area contributed by atoms with Crippen LogP contribution in [0.15, 0.2) is 24.3 Å². The molecule has 1 N–H and O–H groups in total. The van der Waals surface area contributed by atoms with E-state index in [9.17, 15) is 0 Å². The number of benzene rings is 1. The number of aryl methyl sites for hydroxylation is 1. The third-order valence-corrected chi connectivity index (χ3v) is 4.20. The zero-order valence-electron chi connectivity index (χ0n) is 9.42. The Kier molecular flexibility index (Phi) is 2.10. The number of rotatable bonds is 2. The van der Waals surface area contributed by atoms with Crippen molar-refractivity contribution in [3.8, 4) is 0 Å². The molecule has 1 aromatic carbocycles.